The normalized spacial score (nSPS) is 11.9. The highest BCUT2D eigenvalue weighted by molar-refractivity contribution is 5.56. The summed E-state index contributed by atoms with van der Waals surface area (Å²) in [5.41, 5.74) is 2.00. The summed E-state index contributed by atoms with van der Waals surface area (Å²) in [4.78, 5) is 2.14. The van der Waals surface area contributed by atoms with Gasteiger partial charge in [0.1, 0.15) is 5.82 Å². The van der Waals surface area contributed by atoms with E-state index in [0.717, 1.165) is 24.2 Å². The first-order valence-corrected chi connectivity index (χ1v) is 7.13. The maximum Gasteiger partial charge on any atom is 0.123 e. The topological polar surface area (TPSA) is 15.3 Å². The number of rotatable bonds is 9. The van der Waals surface area contributed by atoms with Crippen LogP contribution in [-0.2, 0) is 0 Å². The fourth-order valence-electron chi connectivity index (χ4n) is 2.21. The van der Waals surface area contributed by atoms with Crippen molar-refractivity contribution >= 4 is 5.69 Å². The van der Waals surface area contributed by atoms with Gasteiger partial charge in [-0.3, -0.25) is 0 Å². The van der Waals surface area contributed by atoms with Gasteiger partial charge in [0.25, 0.3) is 0 Å². The molecule has 20 heavy (non-hydrogen) atoms. The number of nitrogens with one attached hydrogen (secondary N) is 1. The number of nitrogens with zero attached hydrogens (tertiary/aromatic N) is 1. The van der Waals surface area contributed by atoms with Crippen molar-refractivity contribution in [2.45, 2.75) is 26.3 Å². The molecule has 0 spiro atoms. The van der Waals surface area contributed by atoms with Crippen LogP contribution in [-0.4, -0.2) is 19.6 Å². The van der Waals surface area contributed by atoms with E-state index in [9.17, 15) is 4.39 Å². The van der Waals surface area contributed by atoms with Gasteiger partial charge in [-0.05, 0) is 43.7 Å². The Bertz CT molecular complexity index is 433. The van der Waals surface area contributed by atoms with E-state index in [4.69, 9.17) is 0 Å². The highest BCUT2D eigenvalue weighted by Crippen LogP contribution is 2.27. The Hall–Kier alpha value is -1.61. The van der Waals surface area contributed by atoms with Crippen molar-refractivity contribution in [2.24, 2.45) is 0 Å². The molecule has 0 heterocycles. The van der Waals surface area contributed by atoms with E-state index in [-0.39, 0.29) is 11.9 Å². The number of halogens is 1. The van der Waals surface area contributed by atoms with E-state index in [0.29, 0.717) is 13.1 Å². The molecule has 0 amide bonds. The van der Waals surface area contributed by atoms with Crippen LogP contribution in [0.25, 0.3) is 0 Å². The van der Waals surface area contributed by atoms with Gasteiger partial charge in [-0.2, -0.15) is 0 Å². The van der Waals surface area contributed by atoms with Gasteiger partial charge in [0.2, 0.25) is 0 Å². The Balaban J connectivity index is 3.09. The third-order valence-electron chi connectivity index (χ3n) is 3.20. The molecule has 0 aliphatic rings. The predicted molar refractivity (Wildman–Crippen MR) is 85.7 cm³/mol. The van der Waals surface area contributed by atoms with E-state index in [1.807, 2.05) is 18.2 Å². The molecule has 0 aromatic heterocycles. The standard InChI is InChI=1S/C17H25FN2/c1-5-10-19-14(4)16-13-15(18)8-9-17(16)20(11-6-2)12-7-3/h6-9,13-14,19H,2-3,5,10-12H2,1,4H3. The summed E-state index contributed by atoms with van der Waals surface area (Å²) >= 11 is 0. The SMILES string of the molecule is C=CCN(CC=C)c1ccc(F)cc1C(C)NCCC. The van der Waals surface area contributed by atoms with Crippen molar-refractivity contribution in [3.8, 4) is 0 Å². The Labute approximate surface area is 122 Å². The number of hydrogen-bond donors (Lipinski definition) is 1. The largest absolute Gasteiger partial charge is 0.364 e. The molecular formula is C17H25FN2. The van der Waals surface area contributed by atoms with Crippen molar-refractivity contribution in [1.82, 2.24) is 5.32 Å². The van der Waals surface area contributed by atoms with Gasteiger partial charge in [0, 0.05) is 24.8 Å². The third-order valence-corrected chi connectivity index (χ3v) is 3.20. The number of hydrogen-bond acceptors (Lipinski definition) is 2. The van der Waals surface area contributed by atoms with Gasteiger partial charge in [-0.25, -0.2) is 4.39 Å². The lowest BCUT2D eigenvalue weighted by Gasteiger charge is -2.27. The number of benzene rings is 1. The molecule has 0 radical (unpaired) electrons. The van der Waals surface area contributed by atoms with Crippen LogP contribution in [0.3, 0.4) is 0 Å². The molecule has 110 valence electrons. The summed E-state index contributed by atoms with van der Waals surface area (Å²) in [6.45, 7) is 14.1. The average Bonchev–Trinajstić information content (AvgIpc) is 2.44. The zero-order chi connectivity index (χ0) is 15.0. The monoisotopic (exact) mass is 276 g/mol. The minimum atomic E-state index is -0.203. The van der Waals surface area contributed by atoms with Crippen molar-refractivity contribution in [2.75, 3.05) is 24.5 Å². The molecule has 1 N–H and O–H groups in total. The molecule has 1 rings (SSSR count). The van der Waals surface area contributed by atoms with E-state index in [2.05, 4.69) is 37.2 Å². The molecule has 1 aromatic carbocycles. The third kappa shape index (κ3) is 4.49. The molecule has 0 fully saturated rings. The van der Waals surface area contributed by atoms with E-state index in [1.165, 1.54) is 6.07 Å². The van der Waals surface area contributed by atoms with E-state index >= 15 is 0 Å². The highest BCUT2D eigenvalue weighted by atomic mass is 19.1. The maximum absolute atomic E-state index is 13.6. The van der Waals surface area contributed by atoms with Crippen LogP contribution in [0.4, 0.5) is 10.1 Å². The summed E-state index contributed by atoms with van der Waals surface area (Å²) in [6.07, 6.45) is 4.75. The zero-order valence-electron chi connectivity index (χ0n) is 12.5. The minimum absolute atomic E-state index is 0.109. The summed E-state index contributed by atoms with van der Waals surface area (Å²) in [6, 6.07) is 5.06. The number of anilines is 1. The quantitative estimate of drug-likeness (QED) is 0.684. The molecule has 0 saturated heterocycles. The molecule has 0 aliphatic heterocycles. The second-order valence-corrected chi connectivity index (χ2v) is 4.86. The van der Waals surface area contributed by atoms with Crippen LogP contribution in [0.2, 0.25) is 0 Å². The summed E-state index contributed by atoms with van der Waals surface area (Å²) in [5, 5.41) is 3.41. The fourth-order valence-corrected chi connectivity index (χ4v) is 2.21. The summed E-state index contributed by atoms with van der Waals surface area (Å²) < 4.78 is 13.6. The van der Waals surface area contributed by atoms with Gasteiger partial charge in [0.05, 0.1) is 0 Å². The fraction of sp³-hybridized carbons (Fsp3) is 0.412. The Morgan fingerprint density at radius 2 is 1.95 bits per heavy atom. The average molecular weight is 276 g/mol. The second kappa shape index (κ2) is 8.54. The lowest BCUT2D eigenvalue weighted by molar-refractivity contribution is 0.561. The molecule has 1 unspecified atom stereocenters. The van der Waals surface area contributed by atoms with Crippen molar-refractivity contribution < 1.29 is 4.39 Å². The first-order valence-electron chi connectivity index (χ1n) is 7.13. The smallest absolute Gasteiger partial charge is 0.123 e. The lowest BCUT2D eigenvalue weighted by atomic mass is 10.0. The first-order chi connectivity index (χ1) is 9.63. The Kier molecular flexibility index (Phi) is 7.02. The Morgan fingerprint density at radius 3 is 2.50 bits per heavy atom. The maximum atomic E-state index is 13.6. The van der Waals surface area contributed by atoms with Gasteiger partial charge in [0.15, 0.2) is 0 Å². The van der Waals surface area contributed by atoms with Crippen LogP contribution in [0.1, 0.15) is 31.9 Å². The summed E-state index contributed by atoms with van der Waals surface area (Å²) in [5.74, 6) is -0.203. The second-order valence-electron chi connectivity index (χ2n) is 4.86. The van der Waals surface area contributed by atoms with Crippen molar-refractivity contribution in [1.29, 1.82) is 0 Å². The van der Waals surface area contributed by atoms with Gasteiger partial charge in [-0.15, -0.1) is 13.2 Å². The molecule has 1 atom stereocenters. The minimum Gasteiger partial charge on any atom is -0.364 e. The summed E-state index contributed by atoms with van der Waals surface area (Å²) in [7, 11) is 0. The van der Waals surface area contributed by atoms with E-state index < -0.39 is 0 Å². The lowest BCUT2D eigenvalue weighted by Crippen LogP contribution is -2.27. The molecule has 0 bridgehead atoms. The van der Waals surface area contributed by atoms with E-state index in [1.54, 1.807) is 6.07 Å². The van der Waals surface area contributed by atoms with Gasteiger partial charge < -0.3 is 10.2 Å². The molecular weight excluding hydrogens is 251 g/mol. The Morgan fingerprint density at radius 1 is 1.30 bits per heavy atom. The predicted octanol–water partition coefficient (Wildman–Crippen LogP) is 4.06. The van der Waals surface area contributed by atoms with Gasteiger partial charge >= 0.3 is 0 Å². The van der Waals surface area contributed by atoms with Crippen molar-refractivity contribution in [3.05, 3.63) is 54.9 Å². The molecule has 0 saturated carbocycles. The van der Waals surface area contributed by atoms with Crippen LogP contribution >= 0.6 is 0 Å². The molecule has 2 nitrogen and oxygen atoms in total. The van der Waals surface area contributed by atoms with Crippen molar-refractivity contribution in [3.63, 3.8) is 0 Å². The van der Waals surface area contributed by atoms with Crippen LogP contribution in [0.15, 0.2) is 43.5 Å². The highest BCUT2D eigenvalue weighted by Gasteiger charge is 2.15. The van der Waals surface area contributed by atoms with Gasteiger partial charge in [-0.1, -0.05) is 19.1 Å². The first kappa shape index (κ1) is 16.4. The van der Waals surface area contributed by atoms with Crippen LogP contribution in [0, 0.1) is 5.82 Å². The zero-order valence-corrected chi connectivity index (χ0v) is 12.5. The van der Waals surface area contributed by atoms with Crippen LogP contribution < -0.4 is 10.2 Å². The molecule has 0 aliphatic carbocycles. The van der Waals surface area contributed by atoms with Crippen LogP contribution in [0.5, 0.6) is 0 Å². The molecule has 3 heteroatoms. The molecule has 1 aromatic rings.